The number of rotatable bonds is 4. The molecule has 2 aliphatic heterocycles. The van der Waals surface area contributed by atoms with Gasteiger partial charge in [0, 0.05) is 28.1 Å². The topological polar surface area (TPSA) is 138 Å². The number of aromatic hydroxyl groups is 1. The number of carbonyl (C=O) groups is 4. The predicted molar refractivity (Wildman–Crippen MR) is 167 cm³/mol. The van der Waals surface area contributed by atoms with Gasteiger partial charge in [-0.3, -0.25) is 29.3 Å². The molecule has 13 heteroatoms. The Morgan fingerprint density at radius 2 is 1.72 bits per heavy atom. The van der Waals surface area contributed by atoms with Crippen LogP contribution in [-0.4, -0.2) is 33.7 Å². The van der Waals surface area contributed by atoms with Crippen molar-refractivity contribution in [1.29, 1.82) is 0 Å². The molecule has 0 bridgehead atoms. The quantitative estimate of drug-likeness (QED) is 0.146. The number of nitro benzene ring substituents is 1. The van der Waals surface area contributed by atoms with Crippen LogP contribution < -0.4 is 9.80 Å². The van der Waals surface area contributed by atoms with Crippen LogP contribution in [0.5, 0.6) is 5.75 Å². The number of non-ortho nitro benzene ring substituents is 1. The lowest BCUT2D eigenvalue weighted by Crippen LogP contribution is -2.48. The van der Waals surface area contributed by atoms with Gasteiger partial charge in [-0.25, -0.2) is 14.2 Å². The molecule has 0 radical (unpaired) electrons. The first kappa shape index (κ1) is 30.2. The molecule has 2 saturated heterocycles. The van der Waals surface area contributed by atoms with Crippen molar-refractivity contribution in [2.45, 2.75) is 25.7 Å². The zero-order valence-electron chi connectivity index (χ0n) is 24.0. The number of benzene rings is 3. The molecule has 4 aliphatic rings. The first-order valence-electron chi connectivity index (χ1n) is 14.5. The Hall–Kier alpha value is -4.42. The van der Waals surface area contributed by atoms with Gasteiger partial charge in [-0.1, -0.05) is 45.2 Å². The van der Waals surface area contributed by atoms with Crippen LogP contribution >= 0.6 is 27.5 Å². The second-order valence-corrected chi connectivity index (χ2v) is 13.6. The number of halogens is 3. The smallest absolute Gasteiger partial charge is 0.271 e. The number of imide groups is 2. The zero-order chi connectivity index (χ0) is 32.8. The molecule has 0 spiro atoms. The highest BCUT2D eigenvalue weighted by molar-refractivity contribution is 9.10. The summed E-state index contributed by atoms with van der Waals surface area (Å²) in [6.45, 7) is 1.66. The molecule has 3 aromatic carbocycles. The van der Waals surface area contributed by atoms with Crippen LogP contribution in [0.15, 0.2) is 76.8 Å². The van der Waals surface area contributed by atoms with Crippen molar-refractivity contribution < 1.29 is 33.6 Å². The zero-order valence-corrected chi connectivity index (χ0v) is 26.4. The Kier molecular flexibility index (Phi) is 6.94. The third kappa shape index (κ3) is 4.19. The highest BCUT2D eigenvalue weighted by Crippen LogP contribution is 2.64. The van der Waals surface area contributed by atoms with Crippen LogP contribution in [0.4, 0.5) is 21.5 Å². The Balaban J connectivity index is 1.37. The maximum atomic E-state index is 14.5. The highest BCUT2D eigenvalue weighted by atomic mass is 79.9. The number of nitro groups is 1. The fourth-order valence-electron chi connectivity index (χ4n) is 7.99. The molecule has 7 rings (SSSR count). The Morgan fingerprint density at radius 1 is 0.978 bits per heavy atom. The number of fused-ring (bicyclic) bond motifs is 4. The van der Waals surface area contributed by atoms with Crippen LogP contribution in [0.3, 0.4) is 0 Å². The van der Waals surface area contributed by atoms with Gasteiger partial charge in [0.2, 0.25) is 23.6 Å². The van der Waals surface area contributed by atoms with Crippen molar-refractivity contribution in [3.05, 3.63) is 103 Å². The molecule has 2 aliphatic carbocycles. The number of hydrogen-bond donors (Lipinski definition) is 1. The van der Waals surface area contributed by atoms with E-state index in [9.17, 15) is 38.8 Å². The van der Waals surface area contributed by atoms with E-state index in [0.29, 0.717) is 15.6 Å². The van der Waals surface area contributed by atoms with Crippen molar-refractivity contribution >= 4 is 68.2 Å². The van der Waals surface area contributed by atoms with Gasteiger partial charge in [0.1, 0.15) is 11.6 Å². The Labute approximate surface area is 274 Å². The van der Waals surface area contributed by atoms with E-state index in [1.54, 1.807) is 19.1 Å². The molecule has 10 nitrogen and oxygen atoms in total. The van der Waals surface area contributed by atoms with Gasteiger partial charge in [-0.15, -0.1) is 0 Å². The van der Waals surface area contributed by atoms with E-state index in [4.69, 9.17) is 11.6 Å². The number of phenols is 1. The number of phenolic OH excluding ortho intramolecular Hbond substituents is 1. The van der Waals surface area contributed by atoms with Gasteiger partial charge in [-0.2, -0.15) is 0 Å². The number of nitrogens with zero attached hydrogens (tertiary/aromatic N) is 3. The average molecular weight is 709 g/mol. The minimum absolute atomic E-state index is 0.0482. The van der Waals surface area contributed by atoms with Gasteiger partial charge < -0.3 is 5.11 Å². The normalized spacial score (nSPS) is 28.6. The molecule has 3 aromatic rings. The number of anilines is 2. The summed E-state index contributed by atoms with van der Waals surface area (Å²) < 4.78 is 14.7. The van der Waals surface area contributed by atoms with Crippen LogP contribution in [0.1, 0.15) is 31.2 Å². The first-order valence-corrected chi connectivity index (χ1v) is 15.7. The van der Waals surface area contributed by atoms with E-state index >= 15 is 0 Å². The molecule has 6 atom stereocenters. The minimum Gasteiger partial charge on any atom is -0.508 e. The predicted octanol–water partition coefficient (Wildman–Crippen LogP) is 6.29. The fraction of sp³-hybridized carbons (Fsp3) is 0.273. The number of carbonyl (C=O) groups excluding carboxylic acids is 4. The van der Waals surface area contributed by atoms with Gasteiger partial charge in [-0.05, 0) is 68.1 Å². The Morgan fingerprint density at radius 3 is 2.43 bits per heavy atom. The molecule has 3 fully saturated rings. The molecule has 46 heavy (non-hydrogen) atoms. The SMILES string of the molecule is C[C@@]12C(=O)N(c3ccc(F)c(Cl)c3)C(=O)[C@@H]1C[C@@H]1C(=CC[C@@H]3C(=O)N(c4cccc([N+](=O)[O-])c4)C(=O)[C@@H]31)[C@@H]2c1cc(Br)ccc1O. The first-order chi connectivity index (χ1) is 21.8. The van der Waals surface area contributed by atoms with Crippen LogP contribution in [-0.2, 0) is 19.2 Å². The average Bonchev–Trinajstić information content (AvgIpc) is 3.39. The number of allylic oxidation sites excluding steroid dienone is 2. The van der Waals surface area contributed by atoms with Crippen molar-refractivity contribution in [2.75, 3.05) is 9.80 Å². The molecule has 1 saturated carbocycles. The van der Waals surface area contributed by atoms with Gasteiger partial charge in [0.05, 0.1) is 44.5 Å². The summed E-state index contributed by atoms with van der Waals surface area (Å²) in [5.74, 6) is -7.25. The maximum Gasteiger partial charge on any atom is 0.271 e. The summed E-state index contributed by atoms with van der Waals surface area (Å²) in [5, 5.41) is 22.3. The fourth-order valence-corrected chi connectivity index (χ4v) is 8.54. The van der Waals surface area contributed by atoms with Crippen LogP contribution in [0.25, 0.3) is 0 Å². The van der Waals surface area contributed by atoms with E-state index in [2.05, 4.69) is 15.9 Å². The molecule has 0 aromatic heterocycles. The number of amides is 4. The maximum absolute atomic E-state index is 14.5. The lowest BCUT2D eigenvalue weighted by atomic mass is 9.51. The van der Waals surface area contributed by atoms with Crippen molar-refractivity contribution in [1.82, 2.24) is 0 Å². The van der Waals surface area contributed by atoms with E-state index in [1.165, 1.54) is 42.5 Å². The second-order valence-electron chi connectivity index (χ2n) is 12.3. The molecular formula is C33H24BrClFN3O7. The number of hydrogen-bond acceptors (Lipinski definition) is 7. The van der Waals surface area contributed by atoms with E-state index < -0.39 is 69.4 Å². The van der Waals surface area contributed by atoms with Crippen LogP contribution in [0.2, 0.25) is 5.02 Å². The molecule has 2 heterocycles. The van der Waals surface area contributed by atoms with Crippen LogP contribution in [0, 0.1) is 45.0 Å². The lowest BCUT2D eigenvalue weighted by molar-refractivity contribution is -0.384. The monoisotopic (exact) mass is 707 g/mol. The third-order valence-corrected chi connectivity index (χ3v) is 10.8. The summed E-state index contributed by atoms with van der Waals surface area (Å²) in [7, 11) is 0. The van der Waals surface area contributed by atoms with E-state index in [1.807, 2.05) is 6.08 Å². The summed E-state index contributed by atoms with van der Waals surface area (Å²) >= 11 is 9.48. The van der Waals surface area contributed by atoms with Gasteiger partial charge in [0.25, 0.3) is 5.69 Å². The van der Waals surface area contributed by atoms with Crippen molar-refractivity contribution in [3.63, 3.8) is 0 Å². The van der Waals surface area contributed by atoms with Gasteiger partial charge in [0.15, 0.2) is 0 Å². The van der Waals surface area contributed by atoms with E-state index in [0.717, 1.165) is 15.9 Å². The lowest BCUT2D eigenvalue weighted by Gasteiger charge is -2.49. The molecule has 1 N–H and O–H groups in total. The summed E-state index contributed by atoms with van der Waals surface area (Å²) in [6.07, 6.45) is 2.03. The highest BCUT2D eigenvalue weighted by Gasteiger charge is 2.68. The van der Waals surface area contributed by atoms with Gasteiger partial charge >= 0.3 is 0 Å². The summed E-state index contributed by atoms with van der Waals surface area (Å²) in [5.41, 5.74) is -0.529. The minimum atomic E-state index is -1.43. The Bertz CT molecular complexity index is 1950. The standard InChI is InChI=1S/C33H24BrClFN3O7/c1-33-23(30(42)38(32(33)44)17-6-9-25(36)24(35)13-17)14-21-19(28(33)22-11-15(34)5-10-26(22)40)7-8-20-27(21)31(43)37(29(20)41)16-3-2-4-18(12-16)39(45)46/h2-7,9-13,20-21,23,27-28,40H,8,14H2,1H3/t20-,21+,23-,27-,28+,33+/m0/s1. The molecular weight excluding hydrogens is 685 g/mol. The second kappa shape index (κ2) is 10.6. The third-order valence-electron chi connectivity index (χ3n) is 10.0. The van der Waals surface area contributed by atoms with Crippen molar-refractivity contribution in [3.8, 4) is 5.75 Å². The molecule has 0 unspecified atom stereocenters. The summed E-state index contributed by atoms with van der Waals surface area (Å²) in [4.78, 5) is 69.4. The largest absolute Gasteiger partial charge is 0.508 e. The van der Waals surface area contributed by atoms with Crippen molar-refractivity contribution in [2.24, 2.45) is 29.1 Å². The molecule has 234 valence electrons. The van der Waals surface area contributed by atoms with E-state index in [-0.39, 0.29) is 40.7 Å². The summed E-state index contributed by atoms with van der Waals surface area (Å²) in [6, 6.07) is 13.6. The molecule has 4 amide bonds.